The lowest BCUT2D eigenvalue weighted by Crippen LogP contribution is -2.30. The van der Waals surface area contributed by atoms with Gasteiger partial charge in [-0.05, 0) is 57.8 Å². The third kappa shape index (κ3) is 48.4. The predicted molar refractivity (Wildman–Crippen MR) is 265 cm³/mol. The van der Waals surface area contributed by atoms with E-state index >= 15 is 0 Å². The molecule has 0 amide bonds. The Morgan fingerprint density at radius 2 is 0.629 bits per heavy atom. The summed E-state index contributed by atoms with van der Waals surface area (Å²) in [5.74, 6) is -0.869. The zero-order valence-electron chi connectivity index (χ0n) is 41.1. The van der Waals surface area contributed by atoms with Gasteiger partial charge in [0.2, 0.25) is 0 Å². The van der Waals surface area contributed by atoms with Crippen LogP contribution in [0.3, 0.4) is 0 Å². The van der Waals surface area contributed by atoms with Gasteiger partial charge < -0.3 is 14.2 Å². The van der Waals surface area contributed by atoms with E-state index in [4.69, 9.17) is 14.2 Å². The summed E-state index contributed by atoms with van der Waals surface area (Å²) < 4.78 is 16.7. The summed E-state index contributed by atoms with van der Waals surface area (Å²) >= 11 is 0. The van der Waals surface area contributed by atoms with Crippen molar-refractivity contribution in [3.63, 3.8) is 0 Å². The van der Waals surface area contributed by atoms with Gasteiger partial charge in [0.25, 0.3) is 0 Å². The molecule has 360 valence electrons. The minimum atomic E-state index is -0.764. The summed E-state index contributed by atoms with van der Waals surface area (Å²) in [7, 11) is 0. The van der Waals surface area contributed by atoms with E-state index in [1.54, 1.807) is 0 Å². The van der Waals surface area contributed by atoms with Crippen LogP contribution in [-0.2, 0) is 28.6 Å². The lowest BCUT2D eigenvalue weighted by atomic mass is 10.0. The number of allylic oxidation sites excluding steroid dienone is 8. The molecule has 1 atom stereocenters. The van der Waals surface area contributed by atoms with Crippen LogP contribution in [0.1, 0.15) is 271 Å². The zero-order valence-corrected chi connectivity index (χ0v) is 41.1. The molecule has 6 heteroatoms. The van der Waals surface area contributed by atoms with Crippen molar-refractivity contribution in [2.24, 2.45) is 0 Å². The number of esters is 3. The summed E-state index contributed by atoms with van der Waals surface area (Å²) in [4.78, 5) is 37.7. The summed E-state index contributed by atoms with van der Waals surface area (Å²) in [6, 6.07) is 0. The van der Waals surface area contributed by atoms with Crippen molar-refractivity contribution in [3.8, 4) is 0 Å². The SMILES string of the molecule is CC/C=C\C/C=C\C/C=C\C/C=C\CCCCCCCCCCCCCCCCC(=O)OCC(COC(=O)CCCCCCCCCC)OC(=O)CCCCCCCCCCC. The fraction of sp³-hybridized carbons (Fsp3) is 0.804. The van der Waals surface area contributed by atoms with E-state index in [2.05, 4.69) is 69.4 Å². The van der Waals surface area contributed by atoms with Crippen LogP contribution < -0.4 is 0 Å². The summed E-state index contributed by atoms with van der Waals surface area (Å²) in [5.41, 5.74) is 0. The van der Waals surface area contributed by atoms with Crippen molar-refractivity contribution in [1.29, 1.82) is 0 Å². The van der Waals surface area contributed by atoms with E-state index < -0.39 is 6.10 Å². The van der Waals surface area contributed by atoms with Crippen molar-refractivity contribution < 1.29 is 28.6 Å². The Morgan fingerprint density at radius 3 is 0.984 bits per heavy atom. The van der Waals surface area contributed by atoms with E-state index in [0.717, 1.165) is 83.5 Å². The second-order valence-corrected chi connectivity index (χ2v) is 17.8. The molecule has 0 aliphatic heterocycles. The Kier molecular flexibility index (Phi) is 48.8. The molecule has 0 radical (unpaired) electrons. The van der Waals surface area contributed by atoms with Crippen molar-refractivity contribution in [2.45, 2.75) is 277 Å². The quantitative estimate of drug-likeness (QED) is 0.0262. The van der Waals surface area contributed by atoms with E-state index in [9.17, 15) is 14.4 Å². The van der Waals surface area contributed by atoms with E-state index in [0.29, 0.717) is 19.3 Å². The fourth-order valence-electron chi connectivity index (χ4n) is 7.61. The van der Waals surface area contributed by atoms with Gasteiger partial charge in [0.15, 0.2) is 6.10 Å². The molecule has 0 heterocycles. The van der Waals surface area contributed by atoms with Gasteiger partial charge in [0.1, 0.15) is 13.2 Å². The number of hydrogen-bond acceptors (Lipinski definition) is 6. The third-order valence-corrected chi connectivity index (χ3v) is 11.6. The average Bonchev–Trinajstić information content (AvgIpc) is 3.27. The first-order chi connectivity index (χ1) is 30.5. The maximum atomic E-state index is 12.7. The Bertz CT molecular complexity index is 1090. The standard InChI is InChI=1S/C56H100O6/c1-4-7-10-13-16-19-20-21-22-23-24-25-26-27-28-29-30-31-32-33-34-35-36-38-40-43-46-49-55(58)61-52-53(51-60-54(57)48-45-42-39-18-15-12-9-6-3)62-56(59)50-47-44-41-37-17-14-11-8-5-2/h7,10,16,19,21-22,24-25,53H,4-6,8-9,11-15,17-18,20,23,26-52H2,1-3H3/b10-7-,19-16-,22-21-,25-24-. The smallest absolute Gasteiger partial charge is 0.306 e. The number of carbonyl (C=O) groups is 3. The molecule has 0 aromatic heterocycles. The molecule has 0 N–H and O–H groups in total. The Morgan fingerprint density at radius 1 is 0.339 bits per heavy atom. The van der Waals surface area contributed by atoms with Gasteiger partial charge in [-0.1, -0.05) is 243 Å². The Hall–Kier alpha value is -2.63. The van der Waals surface area contributed by atoms with Crippen LogP contribution in [0.15, 0.2) is 48.6 Å². The average molecular weight is 869 g/mol. The van der Waals surface area contributed by atoms with Crippen molar-refractivity contribution in [3.05, 3.63) is 48.6 Å². The molecule has 0 fully saturated rings. The normalized spacial score (nSPS) is 12.4. The van der Waals surface area contributed by atoms with Crippen LogP contribution in [0.2, 0.25) is 0 Å². The third-order valence-electron chi connectivity index (χ3n) is 11.6. The van der Waals surface area contributed by atoms with Crippen molar-refractivity contribution in [2.75, 3.05) is 13.2 Å². The highest BCUT2D eigenvalue weighted by Crippen LogP contribution is 2.16. The molecule has 0 saturated heterocycles. The van der Waals surface area contributed by atoms with E-state index in [1.807, 2.05) is 0 Å². The lowest BCUT2D eigenvalue weighted by molar-refractivity contribution is -0.167. The molecular weight excluding hydrogens is 769 g/mol. The molecule has 1 unspecified atom stereocenters. The second-order valence-electron chi connectivity index (χ2n) is 17.8. The number of rotatable bonds is 48. The van der Waals surface area contributed by atoms with E-state index in [1.165, 1.54) is 148 Å². The number of carbonyl (C=O) groups excluding carboxylic acids is 3. The highest BCUT2D eigenvalue weighted by atomic mass is 16.6. The lowest BCUT2D eigenvalue weighted by Gasteiger charge is -2.18. The molecule has 0 spiro atoms. The molecule has 0 aliphatic rings. The number of hydrogen-bond donors (Lipinski definition) is 0. The maximum absolute atomic E-state index is 12.7. The van der Waals surface area contributed by atoms with E-state index in [-0.39, 0.29) is 31.1 Å². The number of unbranched alkanes of at least 4 members (excludes halogenated alkanes) is 29. The van der Waals surface area contributed by atoms with Crippen LogP contribution >= 0.6 is 0 Å². The van der Waals surface area contributed by atoms with Crippen LogP contribution in [0, 0.1) is 0 Å². The predicted octanol–water partition coefficient (Wildman–Crippen LogP) is 17.5. The van der Waals surface area contributed by atoms with Gasteiger partial charge in [0, 0.05) is 19.3 Å². The van der Waals surface area contributed by atoms with Gasteiger partial charge in [-0.3, -0.25) is 14.4 Å². The fourth-order valence-corrected chi connectivity index (χ4v) is 7.61. The van der Waals surface area contributed by atoms with Crippen LogP contribution in [-0.4, -0.2) is 37.2 Å². The van der Waals surface area contributed by atoms with Gasteiger partial charge >= 0.3 is 17.9 Å². The number of ether oxygens (including phenoxy) is 3. The highest BCUT2D eigenvalue weighted by molar-refractivity contribution is 5.71. The maximum Gasteiger partial charge on any atom is 0.306 e. The van der Waals surface area contributed by atoms with Gasteiger partial charge in [-0.25, -0.2) is 0 Å². The molecule has 62 heavy (non-hydrogen) atoms. The van der Waals surface area contributed by atoms with Gasteiger partial charge in [-0.2, -0.15) is 0 Å². The summed E-state index contributed by atoms with van der Waals surface area (Å²) in [6.45, 7) is 6.49. The van der Waals surface area contributed by atoms with Crippen LogP contribution in [0.5, 0.6) is 0 Å². The van der Waals surface area contributed by atoms with Crippen molar-refractivity contribution >= 4 is 17.9 Å². The van der Waals surface area contributed by atoms with Gasteiger partial charge in [0.05, 0.1) is 0 Å². The molecule has 0 rings (SSSR count). The monoisotopic (exact) mass is 869 g/mol. The van der Waals surface area contributed by atoms with Gasteiger partial charge in [-0.15, -0.1) is 0 Å². The van der Waals surface area contributed by atoms with Crippen molar-refractivity contribution in [1.82, 2.24) is 0 Å². The van der Waals surface area contributed by atoms with Crippen LogP contribution in [0.25, 0.3) is 0 Å². The molecular formula is C56H100O6. The van der Waals surface area contributed by atoms with Crippen LogP contribution in [0.4, 0.5) is 0 Å². The topological polar surface area (TPSA) is 78.9 Å². The first-order valence-electron chi connectivity index (χ1n) is 26.6. The Balaban J connectivity index is 4.04. The molecule has 0 aromatic rings. The minimum absolute atomic E-state index is 0.0691. The zero-order chi connectivity index (χ0) is 45.1. The molecule has 0 aliphatic carbocycles. The summed E-state index contributed by atoms with van der Waals surface area (Å²) in [5, 5.41) is 0. The first kappa shape index (κ1) is 59.4. The molecule has 0 saturated carbocycles. The largest absolute Gasteiger partial charge is 0.462 e. The molecule has 0 bridgehead atoms. The first-order valence-corrected chi connectivity index (χ1v) is 26.6. The minimum Gasteiger partial charge on any atom is -0.462 e. The molecule has 6 nitrogen and oxygen atoms in total. The Labute approximate surface area is 384 Å². The highest BCUT2D eigenvalue weighted by Gasteiger charge is 2.19. The second kappa shape index (κ2) is 51.0. The summed E-state index contributed by atoms with van der Waals surface area (Å²) in [6.07, 6.45) is 61.3. The molecule has 0 aromatic carbocycles.